The highest BCUT2D eigenvalue weighted by Gasteiger charge is 2.12. The van der Waals surface area contributed by atoms with Crippen molar-refractivity contribution in [2.75, 3.05) is 6.54 Å². The molecular weight excluding hydrogens is 359 g/mol. The SMILES string of the molecule is O=C(NCCc1c[nH]c2ccccc12)c1ccc(COc2ccc(F)cc2)o1. The highest BCUT2D eigenvalue weighted by atomic mass is 19.1. The second-order valence-electron chi connectivity index (χ2n) is 6.37. The van der Waals surface area contributed by atoms with Crippen LogP contribution in [0.5, 0.6) is 5.75 Å². The van der Waals surface area contributed by atoms with Gasteiger partial charge in [-0.05, 0) is 54.4 Å². The molecule has 2 heterocycles. The second-order valence-corrected chi connectivity index (χ2v) is 6.37. The molecule has 0 aliphatic heterocycles. The average Bonchev–Trinajstić information content (AvgIpc) is 3.35. The molecule has 2 aromatic carbocycles. The maximum Gasteiger partial charge on any atom is 0.287 e. The highest BCUT2D eigenvalue weighted by molar-refractivity contribution is 5.91. The minimum atomic E-state index is -0.322. The molecule has 0 aliphatic rings. The van der Waals surface area contributed by atoms with Gasteiger partial charge in [0.1, 0.15) is 23.9 Å². The van der Waals surface area contributed by atoms with E-state index < -0.39 is 0 Å². The van der Waals surface area contributed by atoms with Crippen LogP contribution in [0.4, 0.5) is 4.39 Å². The molecule has 0 unspecified atom stereocenters. The van der Waals surface area contributed by atoms with Gasteiger partial charge in [0.2, 0.25) is 0 Å². The molecule has 2 N–H and O–H groups in total. The number of furan rings is 1. The van der Waals surface area contributed by atoms with Crippen LogP contribution >= 0.6 is 0 Å². The van der Waals surface area contributed by atoms with E-state index in [1.54, 1.807) is 12.1 Å². The summed E-state index contributed by atoms with van der Waals surface area (Å²) < 4.78 is 23.9. The van der Waals surface area contributed by atoms with Crippen LogP contribution in [0.1, 0.15) is 21.9 Å². The van der Waals surface area contributed by atoms with E-state index in [1.165, 1.54) is 24.3 Å². The zero-order valence-electron chi connectivity index (χ0n) is 15.1. The van der Waals surface area contributed by atoms with Crippen molar-refractivity contribution in [3.63, 3.8) is 0 Å². The summed E-state index contributed by atoms with van der Waals surface area (Å²) >= 11 is 0. The van der Waals surface area contributed by atoms with E-state index in [4.69, 9.17) is 9.15 Å². The van der Waals surface area contributed by atoms with Crippen LogP contribution < -0.4 is 10.1 Å². The van der Waals surface area contributed by atoms with Crippen molar-refractivity contribution < 1.29 is 18.3 Å². The fourth-order valence-electron chi connectivity index (χ4n) is 3.00. The number of para-hydroxylation sites is 1. The Morgan fingerprint density at radius 3 is 2.75 bits per heavy atom. The summed E-state index contributed by atoms with van der Waals surface area (Å²) in [5, 5.41) is 4.03. The van der Waals surface area contributed by atoms with Crippen LogP contribution in [0.2, 0.25) is 0 Å². The van der Waals surface area contributed by atoms with E-state index in [0.29, 0.717) is 18.1 Å². The summed E-state index contributed by atoms with van der Waals surface area (Å²) in [4.78, 5) is 15.5. The number of amides is 1. The molecule has 0 radical (unpaired) electrons. The van der Waals surface area contributed by atoms with Gasteiger partial charge in [-0.3, -0.25) is 4.79 Å². The monoisotopic (exact) mass is 378 g/mol. The van der Waals surface area contributed by atoms with Gasteiger partial charge >= 0.3 is 0 Å². The van der Waals surface area contributed by atoms with Gasteiger partial charge in [-0.2, -0.15) is 0 Å². The first-order valence-electron chi connectivity index (χ1n) is 8.99. The Morgan fingerprint density at radius 2 is 1.89 bits per heavy atom. The van der Waals surface area contributed by atoms with Crippen molar-refractivity contribution >= 4 is 16.8 Å². The van der Waals surface area contributed by atoms with E-state index in [9.17, 15) is 9.18 Å². The Bertz CT molecular complexity index is 1080. The molecule has 0 spiro atoms. The Balaban J connectivity index is 1.28. The number of benzene rings is 2. The van der Waals surface area contributed by atoms with Gasteiger partial charge in [0.15, 0.2) is 5.76 Å². The largest absolute Gasteiger partial charge is 0.486 e. The lowest BCUT2D eigenvalue weighted by Gasteiger charge is -2.04. The highest BCUT2D eigenvalue weighted by Crippen LogP contribution is 2.18. The van der Waals surface area contributed by atoms with Crippen LogP contribution in [-0.2, 0) is 13.0 Å². The third-order valence-corrected chi connectivity index (χ3v) is 4.43. The molecule has 4 aromatic rings. The lowest BCUT2D eigenvalue weighted by Crippen LogP contribution is -2.25. The van der Waals surface area contributed by atoms with E-state index in [1.807, 2.05) is 24.4 Å². The molecular formula is C22H19FN2O3. The topological polar surface area (TPSA) is 67.3 Å². The van der Waals surface area contributed by atoms with Gasteiger partial charge in [-0.1, -0.05) is 18.2 Å². The number of nitrogens with one attached hydrogen (secondary N) is 2. The predicted octanol–water partition coefficient (Wildman–Crippen LogP) is 4.45. The summed E-state index contributed by atoms with van der Waals surface area (Å²) in [6, 6.07) is 17.1. The molecule has 0 bridgehead atoms. The van der Waals surface area contributed by atoms with Crippen molar-refractivity contribution in [1.82, 2.24) is 10.3 Å². The number of ether oxygens (including phenoxy) is 1. The predicted molar refractivity (Wildman–Crippen MR) is 104 cm³/mol. The lowest BCUT2D eigenvalue weighted by molar-refractivity contribution is 0.0922. The van der Waals surface area contributed by atoms with Crippen molar-refractivity contribution in [3.8, 4) is 5.75 Å². The molecule has 5 nitrogen and oxygen atoms in total. The van der Waals surface area contributed by atoms with E-state index in [-0.39, 0.29) is 24.1 Å². The maximum absolute atomic E-state index is 12.9. The fraction of sp³-hybridized carbons (Fsp3) is 0.136. The van der Waals surface area contributed by atoms with Gasteiger partial charge in [-0.25, -0.2) is 4.39 Å². The number of aromatic amines is 1. The van der Waals surface area contributed by atoms with Crippen molar-refractivity contribution in [2.24, 2.45) is 0 Å². The Kier molecular flexibility index (Phi) is 5.10. The van der Waals surface area contributed by atoms with Gasteiger partial charge in [0.05, 0.1) is 0 Å². The molecule has 1 amide bonds. The number of hydrogen-bond donors (Lipinski definition) is 2. The number of fused-ring (bicyclic) bond motifs is 1. The molecule has 0 saturated heterocycles. The van der Waals surface area contributed by atoms with E-state index in [2.05, 4.69) is 16.4 Å². The maximum atomic E-state index is 12.9. The van der Waals surface area contributed by atoms with Crippen molar-refractivity contribution in [3.05, 3.63) is 89.8 Å². The summed E-state index contributed by atoms with van der Waals surface area (Å²) in [7, 11) is 0. The minimum absolute atomic E-state index is 0.161. The second kappa shape index (κ2) is 8.00. The van der Waals surface area contributed by atoms with E-state index in [0.717, 1.165) is 22.9 Å². The Hall–Kier alpha value is -3.54. The summed E-state index contributed by atoms with van der Waals surface area (Å²) in [6.07, 6.45) is 2.69. The first-order chi connectivity index (χ1) is 13.7. The Labute approximate surface area is 161 Å². The molecule has 4 rings (SSSR count). The normalized spacial score (nSPS) is 10.9. The van der Waals surface area contributed by atoms with Gasteiger partial charge < -0.3 is 19.5 Å². The van der Waals surface area contributed by atoms with E-state index >= 15 is 0 Å². The van der Waals surface area contributed by atoms with Gasteiger partial charge in [0.25, 0.3) is 5.91 Å². The smallest absolute Gasteiger partial charge is 0.287 e. The summed E-state index contributed by atoms with van der Waals surface area (Å²) in [5.74, 6) is 0.690. The number of H-pyrrole nitrogens is 1. The number of carbonyl (C=O) groups excluding carboxylic acids is 1. The van der Waals surface area contributed by atoms with Gasteiger partial charge in [-0.15, -0.1) is 0 Å². The number of hydrogen-bond acceptors (Lipinski definition) is 3. The summed E-state index contributed by atoms with van der Waals surface area (Å²) in [6.45, 7) is 0.664. The van der Waals surface area contributed by atoms with Crippen LogP contribution in [0, 0.1) is 5.82 Å². The zero-order valence-corrected chi connectivity index (χ0v) is 15.1. The molecule has 0 atom stereocenters. The number of carbonyl (C=O) groups is 1. The van der Waals surface area contributed by atoms with Crippen LogP contribution in [0.25, 0.3) is 10.9 Å². The molecule has 6 heteroatoms. The lowest BCUT2D eigenvalue weighted by atomic mass is 10.1. The number of halogens is 1. The number of rotatable bonds is 7. The fourth-order valence-corrected chi connectivity index (χ4v) is 3.00. The average molecular weight is 378 g/mol. The zero-order chi connectivity index (χ0) is 19.3. The third-order valence-electron chi connectivity index (χ3n) is 4.43. The first-order valence-corrected chi connectivity index (χ1v) is 8.99. The molecule has 0 saturated carbocycles. The quantitative estimate of drug-likeness (QED) is 0.499. The van der Waals surface area contributed by atoms with Crippen LogP contribution in [0.3, 0.4) is 0 Å². The summed E-state index contributed by atoms with van der Waals surface area (Å²) in [5.41, 5.74) is 2.24. The minimum Gasteiger partial charge on any atom is -0.486 e. The van der Waals surface area contributed by atoms with Crippen molar-refractivity contribution in [1.29, 1.82) is 0 Å². The standard InChI is InChI=1S/C22H19FN2O3/c23-16-5-7-17(8-6-16)27-14-18-9-10-21(28-18)22(26)24-12-11-15-13-25-20-4-2-1-3-19(15)20/h1-10,13,25H,11-12,14H2,(H,24,26). The molecule has 142 valence electrons. The van der Waals surface area contributed by atoms with Crippen LogP contribution in [-0.4, -0.2) is 17.4 Å². The van der Waals surface area contributed by atoms with Gasteiger partial charge in [0, 0.05) is 23.6 Å². The number of aromatic nitrogens is 1. The molecule has 2 aromatic heterocycles. The molecule has 28 heavy (non-hydrogen) atoms. The third kappa shape index (κ3) is 4.06. The molecule has 0 fully saturated rings. The van der Waals surface area contributed by atoms with Crippen LogP contribution in [0.15, 0.2) is 71.3 Å². The van der Waals surface area contributed by atoms with Crippen molar-refractivity contribution in [2.45, 2.75) is 13.0 Å². The molecule has 0 aliphatic carbocycles. The first kappa shape index (κ1) is 17.9. The Morgan fingerprint density at radius 1 is 1.07 bits per heavy atom.